The minimum atomic E-state index is -6.11. The average Bonchev–Trinajstić information content (AvgIpc) is 3.09. The molecule has 0 spiro atoms. The predicted molar refractivity (Wildman–Crippen MR) is 114 cm³/mol. The van der Waals surface area contributed by atoms with Crippen LogP contribution >= 0.6 is 67.8 Å². The highest BCUT2D eigenvalue weighted by Crippen LogP contribution is 2.48. The van der Waals surface area contributed by atoms with Gasteiger partial charge in [-0.1, -0.05) is 0 Å². The molecule has 1 aromatic carbocycles. The van der Waals surface area contributed by atoms with E-state index in [1.807, 2.05) is 12.1 Å². The second kappa shape index (κ2) is 7.94. The summed E-state index contributed by atoms with van der Waals surface area (Å²) < 4.78 is 72.1. The van der Waals surface area contributed by atoms with E-state index in [-0.39, 0.29) is 17.9 Å². The van der Waals surface area contributed by atoms with Gasteiger partial charge in [0.1, 0.15) is 18.0 Å². The highest BCUT2D eigenvalue weighted by atomic mass is 127. The van der Waals surface area contributed by atoms with E-state index < -0.39 is 27.4 Å². The molecule has 0 heterocycles. The van der Waals surface area contributed by atoms with Crippen LogP contribution in [0.4, 0.5) is 8.78 Å². The normalized spacial score (nSPS) is 27.6. The summed E-state index contributed by atoms with van der Waals surface area (Å²) in [6.07, 6.45) is 0.487. The quantitative estimate of drug-likeness (QED) is 0.260. The molecule has 4 atom stereocenters. The molecule has 2 aliphatic rings. The lowest BCUT2D eigenvalue weighted by Crippen LogP contribution is -2.42. The molecule has 3 rings (SSSR count). The van der Waals surface area contributed by atoms with Gasteiger partial charge in [-0.3, -0.25) is 0 Å². The van der Waals surface area contributed by atoms with Crippen molar-refractivity contribution < 1.29 is 36.0 Å². The molecule has 0 aliphatic heterocycles. The number of carbonyl (C=O) groups is 1. The van der Waals surface area contributed by atoms with Gasteiger partial charge in [0, 0.05) is 3.57 Å². The van der Waals surface area contributed by atoms with Crippen LogP contribution in [0.25, 0.3) is 0 Å². The van der Waals surface area contributed by atoms with Crippen LogP contribution in [0.2, 0.25) is 0 Å². The third kappa shape index (κ3) is 4.47. The van der Waals surface area contributed by atoms with Crippen LogP contribution in [0.5, 0.6) is 5.75 Å². The number of rotatable bonds is 5. The number of ether oxygens (including phenoxy) is 2. The molecule has 2 saturated carbocycles. The van der Waals surface area contributed by atoms with Crippen molar-refractivity contribution in [2.24, 2.45) is 11.8 Å². The second-order valence-corrected chi connectivity index (χ2v) is 11.5. The fourth-order valence-electron chi connectivity index (χ4n) is 3.56. The molecule has 1 aromatic rings. The molecule has 0 radical (unpaired) electrons. The first-order chi connectivity index (χ1) is 12.4. The summed E-state index contributed by atoms with van der Waals surface area (Å²) in [6, 6.07) is 3.98. The fourth-order valence-corrected chi connectivity index (χ4v) is 7.65. The van der Waals surface area contributed by atoms with Gasteiger partial charge in [0.25, 0.3) is 0 Å². The van der Waals surface area contributed by atoms with Gasteiger partial charge in [-0.2, -0.15) is 8.78 Å². The fraction of sp³-hybridized carbons (Fsp3) is 0.533. The predicted octanol–water partition coefficient (Wildman–Crippen LogP) is 3.73. The maximum absolute atomic E-state index is 13.3. The molecule has 0 aromatic heterocycles. The zero-order valence-electron chi connectivity index (χ0n) is 13.3. The van der Waals surface area contributed by atoms with E-state index in [2.05, 4.69) is 72.5 Å². The molecule has 12 heteroatoms. The Hall–Kier alpha value is 0.450. The topological polar surface area (TPSA) is 92.7 Å². The Morgan fingerprint density at radius 3 is 2.07 bits per heavy atom. The van der Waals surface area contributed by atoms with Gasteiger partial charge in [0.15, 0.2) is 10.1 Å². The van der Waals surface area contributed by atoms with Crippen molar-refractivity contribution in [2.45, 2.75) is 36.7 Å². The number of esters is 1. The van der Waals surface area contributed by atoms with Crippen LogP contribution in [-0.2, 0) is 19.6 Å². The van der Waals surface area contributed by atoms with Gasteiger partial charge >= 0.3 is 11.2 Å². The molecule has 6 nitrogen and oxygen atoms in total. The summed E-state index contributed by atoms with van der Waals surface area (Å²) in [6.45, 7) is 0. The smallest absolute Gasteiger partial charge is 0.428 e. The van der Waals surface area contributed by atoms with Gasteiger partial charge in [-0.05, 0) is 111 Å². The molecular formula is C15H12F2I3O6S-. The minimum Gasteiger partial charge on any atom is -0.743 e. The number of hydrogen-bond acceptors (Lipinski definition) is 6. The number of benzene rings is 1. The first-order valence-electron chi connectivity index (χ1n) is 7.75. The standard InChI is InChI=1S/C15H13F2I3O6S/c16-15(17,27(22,23)24)14(21)26-12-3-6-1-7(12)2-11(6)25-13-9(19)4-8(18)5-10(13)20/h4-7,11-12H,1-3H2,(H,22,23,24)/p-1. The number of carbonyl (C=O) groups excluding carboxylic acids is 1. The summed E-state index contributed by atoms with van der Waals surface area (Å²) in [5, 5.41) is -5.07. The Morgan fingerprint density at radius 1 is 1.07 bits per heavy atom. The van der Waals surface area contributed by atoms with E-state index >= 15 is 0 Å². The highest BCUT2D eigenvalue weighted by Gasteiger charge is 2.54. The van der Waals surface area contributed by atoms with Crippen molar-refractivity contribution in [1.29, 1.82) is 0 Å². The third-order valence-corrected chi connectivity index (χ3v) is 7.79. The van der Waals surface area contributed by atoms with E-state index in [0.717, 1.165) is 16.5 Å². The lowest BCUT2D eigenvalue weighted by molar-refractivity contribution is -0.170. The van der Waals surface area contributed by atoms with E-state index in [9.17, 15) is 26.5 Å². The van der Waals surface area contributed by atoms with E-state index in [1.165, 1.54) is 0 Å². The SMILES string of the molecule is O=C(OC1CC2CC1CC2Oc1c(I)cc(I)cc1I)C(F)(F)S(=O)(=O)[O-]. The zero-order chi connectivity index (χ0) is 20.1. The zero-order valence-corrected chi connectivity index (χ0v) is 20.6. The van der Waals surface area contributed by atoms with Gasteiger partial charge in [0.05, 0.1) is 7.14 Å². The largest absolute Gasteiger partial charge is 0.743 e. The number of hydrogen-bond donors (Lipinski definition) is 0. The second-order valence-electron chi connectivity index (χ2n) is 6.50. The lowest BCUT2D eigenvalue weighted by Gasteiger charge is -2.30. The van der Waals surface area contributed by atoms with Crippen molar-refractivity contribution in [2.75, 3.05) is 0 Å². The summed E-state index contributed by atoms with van der Waals surface area (Å²) >= 11 is 6.60. The first-order valence-corrected chi connectivity index (χ1v) is 12.4. The maximum Gasteiger partial charge on any atom is 0.428 e. The molecule has 2 bridgehead atoms. The molecule has 150 valence electrons. The van der Waals surface area contributed by atoms with E-state index in [0.29, 0.717) is 19.3 Å². The monoisotopic (exact) mass is 739 g/mol. The van der Waals surface area contributed by atoms with Crippen molar-refractivity contribution in [3.8, 4) is 5.75 Å². The molecule has 0 saturated heterocycles. The average molecular weight is 739 g/mol. The van der Waals surface area contributed by atoms with Crippen molar-refractivity contribution in [3.63, 3.8) is 0 Å². The Balaban J connectivity index is 1.64. The van der Waals surface area contributed by atoms with Crippen LogP contribution in [0, 0.1) is 22.5 Å². The van der Waals surface area contributed by atoms with Crippen LogP contribution < -0.4 is 4.74 Å². The van der Waals surface area contributed by atoms with Crippen LogP contribution in [0.15, 0.2) is 12.1 Å². The van der Waals surface area contributed by atoms with Crippen LogP contribution in [0.1, 0.15) is 19.3 Å². The Morgan fingerprint density at radius 2 is 1.59 bits per heavy atom. The summed E-state index contributed by atoms with van der Waals surface area (Å²) in [4.78, 5) is 11.5. The van der Waals surface area contributed by atoms with Crippen molar-refractivity contribution >= 4 is 83.9 Å². The van der Waals surface area contributed by atoms with Gasteiger partial charge < -0.3 is 14.0 Å². The van der Waals surface area contributed by atoms with E-state index in [4.69, 9.17) is 4.74 Å². The maximum atomic E-state index is 13.3. The molecular weight excluding hydrogens is 727 g/mol. The van der Waals surface area contributed by atoms with Crippen molar-refractivity contribution in [3.05, 3.63) is 22.8 Å². The molecule has 0 amide bonds. The number of halogens is 5. The highest BCUT2D eigenvalue weighted by molar-refractivity contribution is 14.1. The number of fused-ring (bicyclic) bond motifs is 2. The molecule has 27 heavy (non-hydrogen) atoms. The Labute approximate surface area is 195 Å². The van der Waals surface area contributed by atoms with Crippen molar-refractivity contribution in [1.82, 2.24) is 0 Å². The molecule has 4 unspecified atom stereocenters. The lowest BCUT2D eigenvalue weighted by atomic mass is 9.95. The molecule has 0 N–H and O–H groups in total. The van der Waals surface area contributed by atoms with Gasteiger partial charge in [-0.25, -0.2) is 13.2 Å². The Bertz CT molecular complexity index is 855. The summed E-state index contributed by atoms with van der Waals surface area (Å²) in [7, 11) is -6.11. The molecule has 2 aliphatic carbocycles. The first kappa shape index (κ1) is 22.1. The Kier molecular flexibility index (Phi) is 6.51. The number of alkyl halides is 2. The summed E-state index contributed by atoms with van der Waals surface area (Å²) in [5.74, 6) is -1.72. The van der Waals surface area contributed by atoms with E-state index in [1.54, 1.807) is 0 Å². The minimum absolute atomic E-state index is 0.0103. The van der Waals surface area contributed by atoms with Gasteiger partial charge in [0.2, 0.25) is 0 Å². The summed E-state index contributed by atoms with van der Waals surface area (Å²) in [5.41, 5.74) is 0. The van der Waals surface area contributed by atoms with Crippen LogP contribution in [-0.4, -0.2) is 36.4 Å². The molecule has 2 fully saturated rings. The van der Waals surface area contributed by atoms with Crippen LogP contribution in [0.3, 0.4) is 0 Å². The third-order valence-electron chi connectivity index (χ3n) is 4.77. The van der Waals surface area contributed by atoms with Gasteiger partial charge in [-0.15, -0.1) is 0 Å².